The molecule has 2 aliphatic rings. The summed E-state index contributed by atoms with van der Waals surface area (Å²) in [6.45, 7) is 0.518. The molecule has 1 fully saturated rings. The number of benzene rings is 2. The van der Waals surface area contributed by atoms with Gasteiger partial charge in [0.15, 0.2) is 0 Å². The minimum atomic E-state index is -1.16. The number of nitrogens with one attached hydrogen (secondary N) is 1. The van der Waals surface area contributed by atoms with Crippen LogP contribution in [0, 0.1) is 0 Å². The number of nitrogens with zero attached hydrogens (tertiary/aromatic N) is 4. The molecule has 0 spiro atoms. The standard InChI is InChI=1S/C30H29Cl2N5O4/c31-19-6-8-22-24(14-19)34-17-37(29(22)40)16-30(41)9-11-36(12-10-30)26(38)15-33-28(39)18-5-7-21-25(13-18)35-23-4-2-1-3-20(23)27(21)32/h5-8,13-14,17,41H,1-4,9-12,15-16H2,(H,33,39). The van der Waals surface area contributed by atoms with E-state index in [0.717, 1.165) is 42.3 Å². The molecule has 2 amide bonds. The number of fused-ring (bicyclic) bond motifs is 3. The first-order valence-corrected chi connectivity index (χ1v) is 14.5. The molecule has 0 unspecified atom stereocenters. The first-order valence-electron chi connectivity index (χ1n) is 13.7. The van der Waals surface area contributed by atoms with Crippen molar-refractivity contribution in [1.29, 1.82) is 0 Å². The Kier molecular flexibility index (Phi) is 7.44. The molecule has 3 heterocycles. The van der Waals surface area contributed by atoms with Gasteiger partial charge in [0.25, 0.3) is 11.5 Å². The minimum Gasteiger partial charge on any atom is -0.388 e. The van der Waals surface area contributed by atoms with Crippen LogP contribution in [0.3, 0.4) is 0 Å². The molecule has 1 aliphatic carbocycles. The number of hydrogen-bond acceptors (Lipinski definition) is 6. The Labute approximate surface area is 246 Å². The lowest BCUT2D eigenvalue weighted by molar-refractivity contribution is -0.134. The van der Waals surface area contributed by atoms with Crippen molar-refractivity contribution in [3.63, 3.8) is 0 Å². The number of aromatic nitrogens is 3. The Morgan fingerprint density at radius 3 is 2.56 bits per heavy atom. The van der Waals surface area contributed by atoms with Gasteiger partial charge < -0.3 is 15.3 Å². The molecule has 0 atom stereocenters. The molecule has 0 radical (unpaired) electrons. The third-order valence-corrected chi connectivity index (χ3v) is 8.82. The van der Waals surface area contributed by atoms with Crippen molar-refractivity contribution in [3.05, 3.63) is 79.9 Å². The van der Waals surface area contributed by atoms with Gasteiger partial charge in [-0.15, -0.1) is 0 Å². The van der Waals surface area contributed by atoms with E-state index in [9.17, 15) is 19.5 Å². The fraction of sp³-hybridized carbons (Fsp3) is 0.367. The molecule has 41 heavy (non-hydrogen) atoms. The summed E-state index contributed by atoms with van der Waals surface area (Å²) in [7, 11) is 0. The summed E-state index contributed by atoms with van der Waals surface area (Å²) < 4.78 is 1.40. The van der Waals surface area contributed by atoms with Crippen molar-refractivity contribution < 1.29 is 14.7 Å². The van der Waals surface area contributed by atoms with Crippen molar-refractivity contribution in [2.45, 2.75) is 50.7 Å². The Hall–Kier alpha value is -3.53. The van der Waals surface area contributed by atoms with Crippen LogP contribution in [0.1, 0.15) is 47.3 Å². The van der Waals surface area contributed by atoms with E-state index >= 15 is 0 Å². The summed E-state index contributed by atoms with van der Waals surface area (Å²) in [5.74, 6) is -0.605. The van der Waals surface area contributed by atoms with Crippen LogP contribution in [0.4, 0.5) is 0 Å². The predicted octanol–water partition coefficient (Wildman–Crippen LogP) is 3.91. The van der Waals surface area contributed by atoms with Crippen LogP contribution in [-0.2, 0) is 24.2 Å². The number of piperidine rings is 1. The summed E-state index contributed by atoms with van der Waals surface area (Å²) in [6, 6.07) is 10.1. The average molecular weight is 594 g/mol. The topological polar surface area (TPSA) is 117 Å². The largest absolute Gasteiger partial charge is 0.388 e. The normalized spacial score (nSPS) is 16.5. The molecule has 2 aromatic carbocycles. The van der Waals surface area contributed by atoms with Crippen LogP contribution >= 0.6 is 23.2 Å². The van der Waals surface area contributed by atoms with E-state index in [1.807, 2.05) is 6.07 Å². The van der Waals surface area contributed by atoms with Gasteiger partial charge in [0.05, 0.1) is 46.5 Å². The number of hydrogen-bond donors (Lipinski definition) is 2. The molecule has 6 rings (SSSR count). The van der Waals surface area contributed by atoms with Crippen LogP contribution in [-0.4, -0.2) is 61.6 Å². The number of aryl methyl sites for hydroxylation is 1. The van der Waals surface area contributed by atoms with Gasteiger partial charge >= 0.3 is 0 Å². The number of carbonyl (C=O) groups excluding carboxylic acids is 2. The summed E-state index contributed by atoms with van der Waals surface area (Å²) in [5.41, 5.74) is 2.27. The molecule has 9 nitrogen and oxygen atoms in total. The summed E-state index contributed by atoms with van der Waals surface area (Å²) >= 11 is 12.6. The molecule has 11 heteroatoms. The Morgan fingerprint density at radius 1 is 1.00 bits per heavy atom. The second-order valence-corrected chi connectivity index (χ2v) is 11.7. The van der Waals surface area contributed by atoms with E-state index in [4.69, 9.17) is 28.2 Å². The molecule has 2 aromatic heterocycles. The smallest absolute Gasteiger partial charge is 0.261 e. The van der Waals surface area contributed by atoms with Gasteiger partial charge in [-0.2, -0.15) is 0 Å². The van der Waals surface area contributed by atoms with Crippen molar-refractivity contribution in [1.82, 2.24) is 24.8 Å². The van der Waals surface area contributed by atoms with Crippen LogP contribution in [0.2, 0.25) is 10.0 Å². The van der Waals surface area contributed by atoms with Gasteiger partial charge in [-0.1, -0.05) is 29.3 Å². The predicted molar refractivity (Wildman–Crippen MR) is 158 cm³/mol. The molecular formula is C30H29Cl2N5O4. The lowest BCUT2D eigenvalue weighted by Crippen LogP contribution is -2.51. The second kappa shape index (κ2) is 11.0. The van der Waals surface area contributed by atoms with Crippen LogP contribution in [0.25, 0.3) is 21.8 Å². The first kappa shape index (κ1) is 27.6. The van der Waals surface area contributed by atoms with E-state index in [1.165, 1.54) is 10.9 Å². The Morgan fingerprint density at radius 2 is 1.76 bits per heavy atom. The molecule has 2 N–H and O–H groups in total. The minimum absolute atomic E-state index is 0.0688. The van der Waals surface area contributed by atoms with Gasteiger partial charge in [-0.3, -0.25) is 23.9 Å². The number of pyridine rings is 1. The second-order valence-electron chi connectivity index (χ2n) is 10.9. The lowest BCUT2D eigenvalue weighted by Gasteiger charge is -2.38. The van der Waals surface area contributed by atoms with Crippen LogP contribution in [0.15, 0.2) is 47.5 Å². The highest BCUT2D eigenvalue weighted by Gasteiger charge is 2.34. The van der Waals surface area contributed by atoms with Gasteiger partial charge in [0, 0.05) is 34.8 Å². The lowest BCUT2D eigenvalue weighted by atomic mass is 9.91. The number of amides is 2. The zero-order chi connectivity index (χ0) is 28.7. The van der Waals surface area contributed by atoms with Crippen molar-refractivity contribution in [2.24, 2.45) is 0 Å². The summed E-state index contributed by atoms with van der Waals surface area (Å²) in [5, 5.41) is 16.3. The molecule has 0 bridgehead atoms. The molecule has 1 saturated heterocycles. The van der Waals surface area contributed by atoms with Gasteiger partial charge in [-0.25, -0.2) is 4.98 Å². The molecular weight excluding hydrogens is 565 g/mol. The van der Waals surface area contributed by atoms with Crippen molar-refractivity contribution >= 4 is 56.8 Å². The van der Waals surface area contributed by atoms with Crippen LogP contribution < -0.4 is 10.9 Å². The van der Waals surface area contributed by atoms with Crippen molar-refractivity contribution in [2.75, 3.05) is 19.6 Å². The maximum Gasteiger partial charge on any atom is 0.261 e. The van der Waals surface area contributed by atoms with Gasteiger partial charge in [-0.05, 0) is 74.4 Å². The first-order chi connectivity index (χ1) is 19.7. The number of halogens is 2. The fourth-order valence-corrected chi connectivity index (χ4v) is 6.30. The zero-order valence-corrected chi connectivity index (χ0v) is 23.8. The van der Waals surface area contributed by atoms with Crippen LogP contribution in [0.5, 0.6) is 0 Å². The van der Waals surface area contributed by atoms with E-state index in [1.54, 1.807) is 35.2 Å². The monoisotopic (exact) mass is 593 g/mol. The highest BCUT2D eigenvalue weighted by Crippen LogP contribution is 2.33. The quantitative estimate of drug-likeness (QED) is 0.362. The third kappa shape index (κ3) is 5.54. The van der Waals surface area contributed by atoms with E-state index in [2.05, 4.69) is 10.3 Å². The maximum atomic E-state index is 12.9. The maximum absolute atomic E-state index is 12.9. The molecule has 212 valence electrons. The van der Waals surface area contributed by atoms with E-state index < -0.39 is 5.60 Å². The van der Waals surface area contributed by atoms with E-state index in [-0.39, 0.29) is 30.5 Å². The van der Waals surface area contributed by atoms with E-state index in [0.29, 0.717) is 58.0 Å². The summed E-state index contributed by atoms with van der Waals surface area (Å²) in [6.07, 6.45) is 5.97. The zero-order valence-electron chi connectivity index (χ0n) is 22.3. The van der Waals surface area contributed by atoms with Crippen molar-refractivity contribution in [3.8, 4) is 0 Å². The molecule has 0 saturated carbocycles. The highest BCUT2D eigenvalue weighted by atomic mass is 35.5. The number of likely N-dealkylation sites (tertiary alicyclic amines) is 1. The highest BCUT2D eigenvalue weighted by molar-refractivity contribution is 6.36. The summed E-state index contributed by atoms with van der Waals surface area (Å²) in [4.78, 5) is 49.3. The number of aliphatic hydroxyl groups is 1. The Bertz CT molecular complexity index is 1750. The third-order valence-electron chi connectivity index (χ3n) is 8.15. The SMILES string of the molecule is O=C(NCC(=O)N1CCC(O)(Cn2cnc3cc(Cl)ccc3c2=O)CC1)c1ccc2c(Cl)c3c(nc2c1)CCCC3. The fourth-order valence-electron chi connectivity index (χ4n) is 5.77. The van der Waals surface area contributed by atoms with Gasteiger partial charge in [0.1, 0.15) is 0 Å². The average Bonchev–Trinajstić information content (AvgIpc) is 2.97. The number of rotatable bonds is 5. The molecule has 1 aliphatic heterocycles. The Balaban J connectivity index is 1.06. The molecule has 4 aromatic rings. The number of carbonyl (C=O) groups is 2. The van der Waals surface area contributed by atoms with Gasteiger partial charge in [0.2, 0.25) is 5.91 Å².